The lowest BCUT2D eigenvalue weighted by Crippen LogP contribution is -2.52. The largest absolute Gasteiger partial charge is 0.484 e. The van der Waals surface area contributed by atoms with Gasteiger partial charge in [0.25, 0.3) is 0 Å². The van der Waals surface area contributed by atoms with E-state index in [0.717, 1.165) is 6.42 Å². The van der Waals surface area contributed by atoms with Crippen LogP contribution < -0.4 is 4.74 Å². The minimum atomic E-state index is -0.0904. The lowest BCUT2D eigenvalue weighted by Gasteiger charge is -2.41. The van der Waals surface area contributed by atoms with Crippen LogP contribution in [0.4, 0.5) is 0 Å². The van der Waals surface area contributed by atoms with Crippen LogP contribution in [0, 0.1) is 0 Å². The van der Waals surface area contributed by atoms with Crippen molar-refractivity contribution in [3.8, 4) is 5.75 Å². The van der Waals surface area contributed by atoms with Gasteiger partial charge in [0.15, 0.2) is 5.75 Å². The number of hydrogen-bond acceptors (Lipinski definition) is 3. The fourth-order valence-corrected chi connectivity index (χ4v) is 3.68. The van der Waals surface area contributed by atoms with Crippen LogP contribution in [0.3, 0.4) is 0 Å². The number of alkyl halides is 1. The Morgan fingerprint density at radius 2 is 1.85 bits per heavy atom. The summed E-state index contributed by atoms with van der Waals surface area (Å²) in [4.78, 5) is 0.259. The van der Waals surface area contributed by atoms with Crippen molar-refractivity contribution in [3.05, 3.63) is 27.2 Å². The van der Waals surface area contributed by atoms with Gasteiger partial charge in [-0.05, 0) is 12.1 Å². The standard InChI is InChI=1S/C13H14BrCl3O3/c1-18-2-3-19-12-8(14)6-11(12)20-13-9(16)4-7(15)5-10(13)17/h4-5,8,11-12H,2-3,6H2,1H3. The first-order valence-corrected chi connectivity index (χ1v) is 8.13. The summed E-state index contributed by atoms with van der Waals surface area (Å²) in [7, 11) is 1.64. The Bertz CT molecular complexity index is 449. The molecular weight excluding hydrogens is 390 g/mol. The molecule has 1 aromatic carbocycles. The third-order valence-corrected chi connectivity index (χ3v) is 4.69. The average Bonchev–Trinajstić information content (AvgIpc) is 2.37. The average molecular weight is 405 g/mol. The molecule has 1 fully saturated rings. The number of benzene rings is 1. The normalized spacial score (nSPS) is 25.4. The van der Waals surface area contributed by atoms with Crippen LogP contribution in [-0.2, 0) is 9.47 Å². The summed E-state index contributed by atoms with van der Waals surface area (Å²) in [5.41, 5.74) is 0. The van der Waals surface area contributed by atoms with E-state index >= 15 is 0 Å². The fourth-order valence-electron chi connectivity index (χ4n) is 1.91. The van der Waals surface area contributed by atoms with Crippen LogP contribution in [0.15, 0.2) is 12.1 Å². The van der Waals surface area contributed by atoms with Gasteiger partial charge in [-0.1, -0.05) is 50.7 Å². The van der Waals surface area contributed by atoms with E-state index < -0.39 is 0 Å². The number of methoxy groups -OCH3 is 1. The molecule has 0 N–H and O–H groups in total. The van der Waals surface area contributed by atoms with Gasteiger partial charge in [-0.15, -0.1) is 0 Å². The monoisotopic (exact) mass is 402 g/mol. The number of halogens is 4. The molecule has 0 aromatic heterocycles. The summed E-state index contributed by atoms with van der Waals surface area (Å²) >= 11 is 21.6. The van der Waals surface area contributed by atoms with Gasteiger partial charge in [0, 0.05) is 23.4 Å². The highest BCUT2D eigenvalue weighted by molar-refractivity contribution is 9.09. The van der Waals surface area contributed by atoms with Crippen molar-refractivity contribution in [2.45, 2.75) is 23.5 Å². The Hall–Kier alpha value is 0.290. The molecule has 20 heavy (non-hydrogen) atoms. The van der Waals surface area contributed by atoms with Crippen LogP contribution in [0.25, 0.3) is 0 Å². The molecule has 0 amide bonds. The first kappa shape index (κ1) is 16.7. The van der Waals surface area contributed by atoms with Gasteiger partial charge in [0.05, 0.1) is 23.3 Å². The topological polar surface area (TPSA) is 27.7 Å². The van der Waals surface area contributed by atoms with E-state index in [1.807, 2.05) is 0 Å². The SMILES string of the molecule is COCCOC1C(Br)CC1Oc1c(Cl)cc(Cl)cc1Cl. The molecule has 0 bridgehead atoms. The van der Waals surface area contributed by atoms with Crippen molar-refractivity contribution >= 4 is 50.7 Å². The lowest BCUT2D eigenvalue weighted by atomic mass is 9.91. The molecule has 1 aliphatic carbocycles. The zero-order valence-electron chi connectivity index (χ0n) is 10.7. The van der Waals surface area contributed by atoms with Gasteiger partial charge in [-0.2, -0.15) is 0 Å². The van der Waals surface area contributed by atoms with E-state index in [1.165, 1.54) is 0 Å². The molecule has 0 aliphatic heterocycles. The second-order valence-corrected chi connectivity index (χ2v) is 6.86. The zero-order chi connectivity index (χ0) is 14.7. The van der Waals surface area contributed by atoms with Crippen molar-refractivity contribution in [3.63, 3.8) is 0 Å². The van der Waals surface area contributed by atoms with Crippen LogP contribution in [-0.4, -0.2) is 37.4 Å². The van der Waals surface area contributed by atoms with Crippen molar-refractivity contribution < 1.29 is 14.2 Å². The Morgan fingerprint density at radius 1 is 1.20 bits per heavy atom. The minimum absolute atomic E-state index is 0.0482. The molecule has 1 saturated carbocycles. The molecule has 3 atom stereocenters. The van der Waals surface area contributed by atoms with Crippen molar-refractivity contribution in [1.82, 2.24) is 0 Å². The third-order valence-electron chi connectivity index (χ3n) is 3.01. The summed E-state index contributed by atoms with van der Waals surface area (Å²) in [5, 5.41) is 1.28. The molecule has 0 heterocycles. The molecule has 0 spiro atoms. The highest BCUT2D eigenvalue weighted by atomic mass is 79.9. The maximum atomic E-state index is 6.10. The first-order chi connectivity index (χ1) is 9.52. The third kappa shape index (κ3) is 3.93. The first-order valence-electron chi connectivity index (χ1n) is 6.08. The van der Waals surface area contributed by atoms with Crippen LogP contribution >= 0.6 is 50.7 Å². The molecule has 3 unspecified atom stereocenters. The molecule has 0 saturated heterocycles. The predicted molar refractivity (Wildman–Crippen MR) is 84.8 cm³/mol. The van der Waals surface area contributed by atoms with Gasteiger partial charge < -0.3 is 14.2 Å². The minimum Gasteiger partial charge on any atom is -0.484 e. The Morgan fingerprint density at radius 3 is 2.40 bits per heavy atom. The number of rotatable bonds is 6. The second-order valence-electron chi connectivity index (χ2n) is 4.43. The zero-order valence-corrected chi connectivity index (χ0v) is 14.6. The molecule has 112 valence electrons. The maximum absolute atomic E-state index is 6.10. The molecule has 1 aromatic rings. The molecule has 1 aliphatic rings. The van der Waals surface area contributed by atoms with Crippen LogP contribution in [0.1, 0.15) is 6.42 Å². The summed E-state index contributed by atoms with van der Waals surface area (Å²) in [6.45, 7) is 1.07. The molecule has 7 heteroatoms. The van der Waals surface area contributed by atoms with Gasteiger partial charge in [0.2, 0.25) is 0 Å². The summed E-state index contributed by atoms with van der Waals surface area (Å²) in [6, 6.07) is 3.21. The predicted octanol–water partition coefficient (Wildman–Crippen LogP) is 4.59. The molecule has 2 rings (SSSR count). The van der Waals surface area contributed by atoms with Gasteiger partial charge >= 0.3 is 0 Å². The summed E-state index contributed by atoms with van der Waals surface area (Å²) < 4.78 is 16.5. The Labute approximate surface area is 141 Å². The van der Waals surface area contributed by atoms with Crippen molar-refractivity contribution in [1.29, 1.82) is 0 Å². The summed E-state index contributed by atoms with van der Waals surface area (Å²) in [5.74, 6) is 0.447. The van der Waals surface area contributed by atoms with E-state index in [1.54, 1.807) is 19.2 Å². The van der Waals surface area contributed by atoms with Gasteiger partial charge in [-0.25, -0.2) is 0 Å². The van der Waals surface area contributed by atoms with Crippen molar-refractivity contribution in [2.24, 2.45) is 0 Å². The molecule has 3 nitrogen and oxygen atoms in total. The van der Waals surface area contributed by atoms with E-state index in [9.17, 15) is 0 Å². The quantitative estimate of drug-likeness (QED) is 0.513. The highest BCUT2D eigenvalue weighted by Gasteiger charge is 2.42. The van der Waals surface area contributed by atoms with Crippen molar-refractivity contribution in [2.75, 3.05) is 20.3 Å². The van der Waals surface area contributed by atoms with E-state index in [0.29, 0.717) is 34.0 Å². The Balaban J connectivity index is 1.99. The Kier molecular flexibility index (Phi) is 6.26. The van der Waals surface area contributed by atoms with Gasteiger partial charge in [-0.3, -0.25) is 0 Å². The summed E-state index contributed by atoms with van der Waals surface area (Å²) in [6.07, 6.45) is 0.688. The molecule has 0 radical (unpaired) electrons. The van der Waals surface area contributed by atoms with Crippen LogP contribution in [0.5, 0.6) is 5.75 Å². The van der Waals surface area contributed by atoms with E-state index in [-0.39, 0.29) is 17.0 Å². The number of ether oxygens (including phenoxy) is 3. The molecular formula is C13H14BrCl3O3. The maximum Gasteiger partial charge on any atom is 0.157 e. The second kappa shape index (κ2) is 7.52. The highest BCUT2D eigenvalue weighted by Crippen LogP contribution is 2.40. The van der Waals surface area contributed by atoms with Gasteiger partial charge in [0.1, 0.15) is 12.2 Å². The lowest BCUT2D eigenvalue weighted by molar-refractivity contribution is -0.0865. The van der Waals surface area contributed by atoms with Crippen LogP contribution in [0.2, 0.25) is 15.1 Å². The van der Waals surface area contributed by atoms with E-state index in [4.69, 9.17) is 49.0 Å². The van der Waals surface area contributed by atoms with E-state index in [2.05, 4.69) is 15.9 Å². The fraction of sp³-hybridized carbons (Fsp3) is 0.538. The smallest absolute Gasteiger partial charge is 0.157 e. The number of hydrogen-bond donors (Lipinski definition) is 0.